The molecular weight excluding hydrogens is 259 g/mol. The molecule has 0 aromatic heterocycles. The Hall–Kier alpha value is 0.583. The van der Waals surface area contributed by atoms with Crippen LogP contribution >= 0.6 is 0 Å². The van der Waals surface area contributed by atoms with Gasteiger partial charge in [-0.15, -0.1) is 0 Å². The van der Waals surface area contributed by atoms with E-state index in [4.69, 9.17) is 0 Å². The van der Waals surface area contributed by atoms with Crippen molar-refractivity contribution >= 4 is 0 Å². The zero-order valence-corrected chi connectivity index (χ0v) is 12.8. The minimum atomic E-state index is 0. The number of nitrogens with zero attached hydrogens (tertiary/aromatic N) is 1. The second kappa shape index (κ2) is 6.23. The maximum Gasteiger partial charge on any atom is 0.0839 e. The first-order valence-corrected chi connectivity index (χ1v) is 5.65. The summed E-state index contributed by atoms with van der Waals surface area (Å²) < 4.78 is 1.22. The van der Waals surface area contributed by atoms with Gasteiger partial charge in [0.1, 0.15) is 0 Å². The summed E-state index contributed by atoms with van der Waals surface area (Å²) >= 11 is 0. The SMILES string of the molecule is CC(C)[N+](C(C)C)(C(C)C)C(C)C.[Ru]. The molecule has 0 aliphatic carbocycles. The molecule has 0 spiro atoms. The second-order valence-corrected chi connectivity index (χ2v) is 5.27. The fourth-order valence-corrected chi connectivity index (χ4v) is 3.58. The molecule has 0 rings (SSSR count). The third-order valence-corrected chi connectivity index (χ3v) is 3.58. The Morgan fingerprint density at radius 1 is 0.500 bits per heavy atom. The molecule has 0 saturated heterocycles. The van der Waals surface area contributed by atoms with E-state index < -0.39 is 0 Å². The first-order valence-electron chi connectivity index (χ1n) is 5.65. The molecule has 0 bridgehead atoms. The maximum atomic E-state index is 2.35. The molecule has 14 heavy (non-hydrogen) atoms. The Balaban J connectivity index is 0. The predicted molar refractivity (Wildman–Crippen MR) is 60.8 cm³/mol. The molecule has 1 nitrogen and oxygen atoms in total. The van der Waals surface area contributed by atoms with Gasteiger partial charge in [0.2, 0.25) is 0 Å². The van der Waals surface area contributed by atoms with E-state index in [9.17, 15) is 0 Å². The summed E-state index contributed by atoms with van der Waals surface area (Å²) in [5.41, 5.74) is 0. The average molecular weight is 287 g/mol. The number of rotatable bonds is 4. The minimum absolute atomic E-state index is 0. The Labute approximate surface area is 104 Å². The van der Waals surface area contributed by atoms with Crippen molar-refractivity contribution in [3.8, 4) is 0 Å². The molecule has 0 amide bonds. The first kappa shape index (κ1) is 17.0. The summed E-state index contributed by atoms with van der Waals surface area (Å²) in [6.07, 6.45) is 0. The van der Waals surface area contributed by atoms with Crippen molar-refractivity contribution in [3.63, 3.8) is 0 Å². The number of hydrogen-bond donors (Lipinski definition) is 0. The van der Waals surface area contributed by atoms with Gasteiger partial charge < -0.3 is 4.48 Å². The van der Waals surface area contributed by atoms with E-state index >= 15 is 0 Å². The zero-order valence-electron chi connectivity index (χ0n) is 11.1. The van der Waals surface area contributed by atoms with Gasteiger partial charge in [0.25, 0.3) is 0 Å². The van der Waals surface area contributed by atoms with Crippen LogP contribution in [0.4, 0.5) is 0 Å². The Morgan fingerprint density at radius 2 is 0.643 bits per heavy atom. The van der Waals surface area contributed by atoms with Crippen molar-refractivity contribution in [2.45, 2.75) is 79.6 Å². The van der Waals surface area contributed by atoms with Crippen LogP contribution in [-0.2, 0) is 19.5 Å². The molecule has 2 heteroatoms. The monoisotopic (exact) mass is 288 g/mol. The normalized spacial score (nSPS) is 12.9. The van der Waals surface area contributed by atoms with Gasteiger partial charge in [0.15, 0.2) is 0 Å². The van der Waals surface area contributed by atoms with Crippen molar-refractivity contribution in [3.05, 3.63) is 0 Å². The average Bonchev–Trinajstić information content (AvgIpc) is 1.82. The van der Waals surface area contributed by atoms with Crippen LogP contribution in [-0.4, -0.2) is 28.7 Å². The van der Waals surface area contributed by atoms with E-state index in [1.54, 1.807) is 0 Å². The number of hydrogen-bond acceptors (Lipinski definition) is 0. The van der Waals surface area contributed by atoms with Crippen LogP contribution in [0.3, 0.4) is 0 Å². The van der Waals surface area contributed by atoms with Gasteiger partial charge in [-0.05, 0) is 55.4 Å². The molecule has 0 aromatic carbocycles. The van der Waals surface area contributed by atoms with Crippen molar-refractivity contribution in [1.29, 1.82) is 0 Å². The topological polar surface area (TPSA) is 0 Å². The van der Waals surface area contributed by atoms with Crippen LogP contribution in [0.15, 0.2) is 0 Å². The molecule has 0 fully saturated rings. The smallest absolute Gasteiger partial charge is 0.0839 e. The molecule has 0 saturated carbocycles. The summed E-state index contributed by atoms with van der Waals surface area (Å²) in [5, 5.41) is 0. The molecule has 0 aliphatic rings. The summed E-state index contributed by atoms with van der Waals surface area (Å²) in [6.45, 7) is 18.8. The van der Waals surface area contributed by atoms with E-state index in [-0.39, 0.29) is 19.5 Å². The molecule has 88 valence electrons. The van der Waals surface area contributed by atoms with E-state index in [0.29, 0.717) is 24.2 Å². The standard InChI is InChI=1S/C12H28N.Ru/c1-9(2)13(10(3)4,11(5)6)12(7)8;/h9-12H,1-8H3;/q+1;. The van der Waals surface area contributed by atoms with Gasteiger partial charge in [0.05, 0.1) is 24.2 Å². The largest absolute Gasteiger partial charge is 0.316 e. The van der Waals surface area contributed by atoms with Crippen molar-refractivity contribution < 1.29 is 24.0 Å². The van der Waals surface area contributed by atoms with Crippen molar-refractivity contribution in [2.75, 3.05) is 0 Å². The van der Waals surface area contributed by atoms with Crippen LogP contribution in [0.5, 0.6) is 0 Å². The Bertz CT molecular complexity index is 113. The first-order chi connectivity index (χ1) is 5.77. The molecule has 0 aromatic rings. The molecule has 0 heterocycles. The van der Waals surface area contributed by atoms with Crippen LogP contribution in [0.2, 0.25) is 0 Å². The van der Waals surface area contributed by atoms with E-state index in [1.165, 1.54) is 4.48 Å². The molecule has 0 radical (unpaired) electrons. The fraction of sp³-hybridized carbons (Fsp3) is 1.00. The second-order valence-electron chi connectivity index (χ2n) is 5.27. The van der Waals surface area contributed by atoms with Gasteiger partial charge >= 0.3 is 0 Å². The summed E-state index contributed by atoms with van der Waals surface area (Å²) in [4.78, 5) is 0. The molecule has 0 unspecified atom stereocenters. The van der Waals surface area contributed by atoms with Gasteiger partial charge in [-0.2, -0.15) is 0 Å². The van der Waals surface area contributed by atoms with Crippen LogP contribution in [0.25, 0.3) is 0 Å². The van der Waals surface area contributed by atoms with Crippen molar-refractivity contribution in [2.24, 2.45) is 0 Å². The van der Waals surface area contributed by atoms with Gasteiger partial charge in [0, 0.05) is 19.5 Å². The van der Waals surface area contributed by atoms with Crippen LogP contribution in [0.1, 0.15) is 55.4 Å². The molecule has 0 aliphatic heterocycles. The van der Waals surface area contributed by atoms with Crippen LogP contribution < -0.4 is 0 Å². The maximum absolute atomic E-state index is 2.35. The van der Waals surface area contributed by atoms with E-state index in [2.05, 4.69) is 55.4 Å². The third kappa shape index (κ3) is 2.79. The summed E-state index contributed by atoms with van der Waals surface area (Å²) in [5.74, 6) is 0. The molecular formula is C12H28NRu+. The van der Waals surface area contributed by atoms with Gasteiger partial charge in [-0.3, -0.25) is 0 Å². The molecule has 0 N–H and O–H groups in total. The Morgan fingerprint density at radius 3 is 0.643 bits per heavy atom. The van der Waals surface area contributed by atoms with Crippen molar-refractivity contribution in [1.82, 2.24) is 0 Å². The summed E-state index contributed by atoms with van der Waals surface area (Å²) in [7, 11) is 0. The summed E-state index contributed by atoms with van der Waals surface area (Å²) in [6, 6.07) is 2.83. The fourth-order valence-electron chi connectivity index (χ4n) is 3.58. The van der Waals surface area contributed by atoms with Gasteiger partial charge in [-0.1, -0.05) is 0 Å². The van der Waals surface area contributed by atoms with E-state index in [0.717, 1.165) is 0 Å². The van der Waals surface area contributed by atoms with Crippen LogP contribution in [0, 0.1) is 0 Å². The Kier molecular flexibility index (Phi) is 7.56. The predicted octanol–water partition coefficient (Wildman–Crippen LogP) is 3.43. The third-order valence-electron chi connectivity index (χ3n) is 3.58. The number of quaternary nitrogens is 1. The van der Waals surface area contributed by atoms with E-state index in [1.807, 2.05) is 0 Å². The zero-order chi connectivity index (χ0) is 10.8. The quantitative estimate of drug-likeness (QED) is 0.549. The van der Waals surface area contributed by atoms with Gasteiger partial charge in [-0.25, -0.2) is 0 Å². The molecule has 0 atom stereocenters. The minimum Gasteiger partial charge on any atom is -0.316 e.